The molecule has 1 aliphatic heterocycles. The number of benzene rings is 1. The molecule has 1 aliphatic rings. The Labute approximate surface area is 111 Å². The van der Waals surface area contributed by atoms with Crippen LogP contribution in [0, 0.1) is 0 Å². The number of hydrogen-bond donors (Lipinski definition) is 1. The van der Waals surface area contributed by atoms with E-state index in [0.29, 0.717) is 18.1 Å². The minimum absolute atomic E-state index is 0.186. The maximum Gasteiger partial charge on any atom is 0.0952 e. The molecule has 1 N–H and O–H groups in total. The van der Waals surface area contributed by atoms with Crippen LogP contribution in [0.25, 0.3) is 0 Å². The van der Waals surface area contributed by atoms with Crippen molar-refractivity contribution in [1.82, 2.24) is 5.32 Å². The topological polar surface area (TPSA) is 21.3 Å². The van der Waals surface area contributed by atoms with Crippen LogP contribution in [-0.2, 0) is 4.74 Å². The molecule has 0 aromatic heterocycles. The van der Waals surface area contributed by atoms with Crippen molar-refractivity contribution in [2.45, 2.75) is 58.3 Å². The third-order valence-electron chi connectivity index (χ3n) is 3.71. The van der Waals surface area contributed by atoms with Crippen LogP contribution in [0.2, 0.25) is 0 Å². The maximum absolute atomic E-state index is 6.11. The van der Waals surface area contributed by atoms with Crippen LogP contribution in [0.3, 0.4) is 0 Å². The van der Waals surface area contributed by atoms with Crippen LogP contribution in [0.5, 0.6) is 0 Å². The van der Waals surface area contributed by atoms with Crippen LogP contribution in [0.1, 0.15) is 57.3 Å². The van der Waals surface area contributed by atoms with E-state index in [1.807, 2.05) is 0 Å². The van der Waals surface area contributed by atoms with E-state index < -0.39 is 0 Å². The van der Waals surface area contributed by atoms with Crippen molar-refractivity contribution in [3.8, 4) is 0 Å². The highest BCUT2D eigenvalue weighted by Gasteiger charge is 2.22. The Kier molecular flexibility index (Phi) is 4.41. The van der Waals surface area contributed by atoms with Gasteiger partial charge in [-0.05, 0) is 37.3 Å². The molecular formula is C16H25NO. The van der Waals surface area contributed by atoms with Crippen molar-refractivity contribution in [2.75, 3.05) is 6.54 Å². The second-order valence-corrected chi connectivity index (χ2v) is 5.80. The van der Waals surface area contributed by atoms with Crippen molar-refractivity contribution in [3.63, 3.8) is 0 Å². The van der Waals surface area contributed by atoms with E-state index in [4.69, 9.17) is 4.74 Å². The summed E-state index contributed by atoms with van der Waals surface area (Å²) in [5.41, 5.74) is 2.68. The van der Waals surface area contributed by atoms with Gasteiger partial charge in [-0.1, -0.05) is 38.1 Å². The van der Waals surface area contributed by atoms with Crippen molar-refractivity contribution >= 4 is 0 Å². The smallest absolute Gasteiger partial charge is 0.0952 e. The van der Waals surface area contributed by atoms with Crippen molar-refractivity contribution < 1.29 is 4.74 Å². The highest BCUT2D eigenvalue weighted by atomic mass is 16.5. The number of hydrogen-bond acceptors (Lipinski definition) is 2. The molecule has 0 amide bonds. The van der Waals surface area contributed by atoms with Gasteiger partial charge in [0.25, 0.3) is 0 Å². The minimum atomic E-state index is 0.186. The van der Waals surface area contributed by atoms with E-state index in [1.54, 1.807) is 0 Å². The molecule has 1 saturated heterocycles. The van der Waals surface area contributed by atoms with Crippen LogP contribution >= 0.6 is 0 Å². The summed E-state index contributed by atoms with van der Waals surface area (Å²) < 4.78 is 6.11. The monoisotopic (exact) mass is 247 g/mol. The van der Waals surface area contributed by atoms with Crippen molar-refractivity contribution in [2.24, 2.45) is 0 Å². The predicted molar refractivity (Wildman–Crippen MR) is 75.9 cm³/mol. The quantitative estimate of drug-likeness (QED) is 0.861. The first-order valence-corrected chi connectivity index (χ1v) is 7.05. The van der Waals surface area contributed by atoms with Gasteiger partial charge in [0, 0.05) is 12.6 Å². The highest BCUT2D eigenvalue weighted by Crippen LogP contribution is 2.25. The summed E-state index contributed by atoms with van der Waals surface area (Å²) in [5, 5.41) is 3.54. The second-order valence-electron chi connectivity index (χ2n) is 5.80. The van der Waals surface area contributed by atoms with Crippen molar-refractivity contribution in [1.29, 1.82) is 0 Å². The first kappa shape index (κ1) is 13.6. The average molecular weight is 247 g/mol. The van der Waals surface area contributed by atoms with E-state index in [1.165, 1.54) is 11.1 Å². The Bertz CT molecular complexity index is 371. The molecule has 0 saturated carbocycles. The normalized spacial score (nSPS) is 29.3. The Hall–Kier alpha value is -0.860. The molecule has 3 unspecified atom stereocenters. The molecule has 18 heavy (non-hydrogen) atoms. The van der Waals surface area contributed by atoms with Crippen LogP contribution in [0.15, 0.2) is 24.3 Å². The SMILES string of the molecule is CC1CC(C)OC(c2ccc(C(C)C)cc2)CN1. The summed E-state index contributed by atoms with van der Waals surface area (Å²) >= 11 is 0. The van der Waals surface area contributed by atoms with Crippen LogP contribution in [-0.4, -0.2) is 18.7 Å². The molecule has 1 aromatic carbocycles. The molecule has 0 aliphatic carbocycles. The third-order valence-corrected chi connectivity index (χ3v) is 3.71. The van der Waals surface area contributed by atoms with Gasteiger partial charge < -0.3 is 10.1 Å². The van der Waals surface area contributed by atoms with E-state index in [-0.39, 0.29) is 6.10 Å². The lowest BCUT2D eigenvalue weighted by molar-refractivity contribution is 0.00717. The highest BCUT2D eigenvalue weighted by molar-refractivity contribution is 5.26. The zero-order chi connectivity index (χ0) is 13.1. The van der Waals surface area contributed by atoms with Crippen LogP contribution < -0.4 is 5.32 Å². The molecule has 3 atom stereocenters. The fourth-order valence-corrected chi connectivity index (χ4v) is 2.57. The molecule has 2 rings (SSSR count). The lowest BCUT2D eigenvalue weighted by Gasteiger charge is -2.19. The molecule has 0 radical (unpaired) electrons. The molecule has 0 spiro atoms. The fourth-order valence-electron chi connectivity index (χ4n) is 2.57. The van der Waals surface area contributed by atoms with E-state index in [9.17, 15) is 0 Å². The number of nitrogens with one attached hydrogen (secondary N) is 1. The summed E-state index contributed by atoms with van der Waals surface area (Å²) in [7, 11) is 0. The standard InChI is InChI=1S/C16H25NO/c1-11(2)14-5-7-15(8-6-14)16-10-17-12(3)9-13(4)18-16/h5-8,11-13,16-17H,9-10H2,1-4H3. The van der Waals surface area contributed by atoms with E-state index in [2.05, 4.69) is 57.3 Å². The lowest BCUT2D eigenvalue weighted by Crippen LogP contribution is -2.27. The van der Waals surface area contributed by atoms with Gasteiger partial charge in [0.1, 0.15) is 0 Å². The van der Waals surface area contributed by atoms with Crippen LogP contribution in [0.4, 0.5) is 0 Å². The zero-order valence-corrected chi connectivity index (χ0v) is 11.9. The summed E-state index contributed by atoms with van der Waals surface area (Å²) in [4.78, 5) is 0. The summed E-state index contributed by atoms with van der Waals surface area (Å²) in [6, 6.07) is 9.42. The molecule has 2 nitrogen and oxygen atoms in total. The predicted octanol–water partition coefficient (Wildman–Crippen LogP) is 3.64. The molecule has 1 heterocycles. The second kappa shape index (κ2) is 5.85. The van der Waals surface area contributed by atoms with Gasteiger partial charge in [0.15, 0.2) is 0 Å². The molecule has 1 aromatic rings. The number of rotatable bonds is 2. The molecule has 2 heteroatoms. The molecule has 100 valence electrons. The largest absolute Gasteiger partial charge is 0.369 e. The first-order valence-electron chi connectivity index (χ1n) is 7.05. The van der Waals surface area contributed by atoms with E-state index >= 15 is 0 Å². The van der Waals surface area contributed by atoms with Gasteiger partial charge >= 0.3 is 0 Å². The third kappa shape index (κ3) is 3.33. The Morgan fingerprint density at radius 3 is 2.44 bits per heavy atom. The molecular weight excluding hydrogens is 222 g/mol. The summed E-state index contributed by atoms with van der Waals surface area (Å²) in [6.45, 7) is 9.75. The summed E-state index contributed by atoms with van der Waals surface area (Å²) in [5.74, 6) is 0.589. The average Bonchev–Trinajstić information content (AvgIpc) is 2.50. The Morgan fingerprint density at radius 1 is 1.17 bits per heavy atom. The Morgan fingerprint density at radius 2 is 1.83 bits per heavy atom. The Balaban J connectivity index is 2.10. The van der Waals surface area contributed by atoms with Gasteiger partial charge in [-0.2, -0.15) is 0 Å². The van der Waals surface area contributed by atoms with Gasteiger partial charge in [0.2, 0.25) is 0 Å². The van der Waals surface area contributed by atoms with E-state index in [0.717, 1.165) is 13.0 Å². The first-order chi connectivity index (χ1) is 8.56. The van der Waals surface area contributed by atoms with Gasteiger partial charge in [0.05, 0.1) is 12.2 Å². The minimum Gasteiger partial charge on any atom is -0.369 e. The maximum atomic E-state index is 6.11. The van der Waals surface area contributed by atoms with Gasteiger partial charge in [-0.25, -0.2) is 0 Å². The molecule has 0 bridgehead atoms. The van der Waals surface area contributed by atoms with Gasteiger partial charge in [-0.3, -0.25) is 0 Å². The molecule has 1 fully saturated rings. The lowest BCUT2D eigenvalue weighted by atomic mass is 10.00. The number of ether oxygens (including phenoxy) is 1. The summed E-state index contributed by atoms with van der Waals surface area (Å²) in [6.07, 6.45) is 1.59. The van der Waals surface area contributed by atoms with Gasteiger partial charge in [-0.15, -0.1) is 0 Å². The zero-order valence-electron chi connectivity index (χ0n) is 11.9. The fraction of sp³-hybridized carbons (Fsp3) is 0.625. The van der Waals surface area contributed by atoms with Crippen molar-refractivity contribution in [3.05, 3.63) is 35.4 Å².